The molecule has 3 rings (SSSR count). The van der Waals surface area contributed by atoms with Crippen LogP contribution in [0.4, 0.5) is 5.69 Å². The molecule has 2 aromatic rings. The summed E-state index contributed by atoms with van der Waals surface area (Å²) in [5.41, 5.74) is 2.99. The van der Waals surface area contributed by atoms with E-state index in [4.69, 9.17) is 0 Å². The zero-order valence-electron chi connectivity index (χ0n) is 10.8. The van der Waals surface area contributed by atoms with Gasteiger partial charge >= 0.3 is 0 Å². The molecule has 102 valence electrons. The van der Waals surface area contributed by atoms with Gasteiger partial charge in [-0.1, -0.05) is 12.1 Å². The number of nitrogens with zero attached hydrogens (tertiary/aromatic N) is 1. The highest BCUT2D eigenvalue weighted by atomic mass is 16.2. The second-order valence-corrected chi connectivity index (χ2v) is 4.63. The van der Waals surface area contributed by atoms with Gasteiger partial charge in [0.05, 0.1) is 0 Å². The normalized spacial score (nSPS) is 13.6. The molecule has 6 heteroatoms. The number of hydrogen-bond donors (Lipinski definition) is 3. The van der Waals surface area contributed by atoms with Crippen LogP contribution in [0, 0.1) is 0 Å². The molecule has 1 aromatic heterocycles. The molecule has 6 nitrogen and oxygen atoms in total. The molecule has 20 heavy (non-hydrogen) atoms. The number of benzene rings is 1. The van der Waals surface area contributed by atoms with Crippen LogP contribution in [0.2, 0.25) is 0 Å². The van der Waals surface area contributed by atoms with E-state index in [-0.39, 0.29) is 17.2 Å². The van der Waals surface area contributed by atoms with Crippen LogP contribution >= 0.6 is 0 Å². The van der Waals surface area contributed by atoms with E-state index in [9.17, 15) is 9.59 Å². The molecule has 0 atom stereocenters. The first-order valence-electron chi connectivity index (χ1n) is 6.42. The summed E-state index contributed by atoms with van der Waals surface area (Å²) in [6.45, 7) is 1.69. The number of nitrogens with one attached hydrogen (secondary N) is 3. The highest BCUT2D eigenvalue weighted by Gasteiger charge is 2.15. The third-order valence-electron chi connectivity index (χ3n) is 3.31. The lowest BCUT2D eigenvalue weighted by Gasteiger charge is -2.20. The maximum atomic E-state index is 12.1. The Morgan fingerprint density at radius 2 is 2.15 bits per heavy atom. The summed E-state index contributed by atoms with van der Waals surface area (Å²) in [7, 11) is 0. The Labute approximate surface area is 115 Å². The van der Waals surface area contributed by atoms with Crippen molar-refractivity contribution >= 4 is 11.6 Å². The van der Waals surface area contributed by atoms with Crippen LogP contribution in [0.25, 0.3) is 0 Å². The van der Waals surface area contributed by atoms with Crippen molar-refractivity contribution in [3.63, 3.8) is 0 Å². The van der Waals surface area contributed by atoms with Crippen molar-refractivity contribution in [1.82, 2.24) is 15.5 Å². The number of carbonyl (C=O) groups excluding carboxylic acids is 1. The van der Waals surface area contributed by atoms with Gasteiger partial charge in [-0.05, 0) is 36.2 Å². The Morgan fingerprint density at radius 3 is 2.95 bits per heavy atom. The van der Waals surface area contributed by atoms with Gasteiger partial charge in [0.2, 0.25) is 0 Å². The van der Waals surface area contributed by atoms with Gasteiger partial charge in [-0.25, -0.2) is 5.10 Å². The summed E-state index contributed by atoms with van der Waals surface area (Å²) in [5.74, 6) is -0.333. The van der Waals surface area contributed by atoms with Crippen molar-refractivity contribution in [2.45, 2.75) is 13.0 Å². The number of rotatable bonds is 2. The van der Waals surface area contributed by atoms with E-state index in [2.05, 4.69) is 26.9 Å². The van der Waals surface area contributed by atoms with Crippen molar-refractivity contribution in [3.05, 3.63) is 57.5 Å². The smallest absolute Gasteiger partial charge is 0.276 e. The predicted octanol–water partition coefficient (Wildman–Crippen LogP) is 0.668. The number of aromatic amines is 1. The van der Waals surface area contributed by atoms with Gasteiger partial charge in [-0.3, -0.25) is 9.59 Å². The van der Waals surface area contributed by atoms with E-state index >= 15 is 0 Å². The molecule has 0 fully saturated rings. The summed E-state index contributed by atoms with van der Waals surface area (Å²) < 4.78 is 0. The second-order valence-electron chi connectivity index (χ2n) is 4.63. The van der Waals surface area contributed by atoms with E-state index in [0.29, 0.717) is 0 Å². The molecular formula is C14H14N4O2. The molecule has 2 heterocycles. The topological polar surface area (TPSA) is 86.9 Å². The maximum Gasteiger partial charge on any atom is 0.276 e. The van der Waals surface area contributed by atoms with Gasteiger partial charge in [0.25, 0.3) is 11.5 Å². The van der Waals surface area contributed by atoms with Crippen molar-refractivity contribution in [1.29, 1.82) is 0 Å². The molecule has 0 radical (unpaired) electrons. The van der Waals surface area contributed by atoms with Gasteiger partial charge < -0.3 is 10.6 Å². The third-order valence-corrected chi connectivity index (χ3v) is 3.31. The van der Waals surface area contributed by atoms with E-state index in [1.807, 2.05) is 12.1 Å². The molecule has 0 bridgehead atoms. The minimum Gasteiger partial charge on any atom is -0.320 e. The fraction of sp³-hybridized carbons (Fsp3) is 0.214. The predicted molar refractivity (Wildman–Crippen MR) is 74.7 cm³/mol. The van der Waals surface area contributed by atoms with Gasteiger partial charge in [0.15, 0.2) is 0 Å². The zero-order chi connectivity index (χ0) is 13.9. The van der Waals surface area contributed by atoms with Gasteiger partial charge in [-0.15, -0.1) is 0 Å². The Balaban J connectivity index is 1.86. The lowest BCUT2D eigenvalue weighted by Crippen LogP contribution is -2.26. The fourth-order valence-corrected chi connectivity index (χ4v) is 2.29. The zero-order valence-corrected chi connectivity index (χ0v) is 10.8. The Morgan fingerprint density at radius 1 is 1.25 bits per heavy atom. The van der Waals surface area contributed by atoms with Crippen molar-refractivity contribution in [2.75, 3.05) is 11.9 Å². The number of carbonyl (C=O) groups is 1. The van der Waals surface area contributed by atoms with Crippen LogP contribution in [0.5, 0.6) is 0 Å². The molecule has 1 aliphatic rings. The number of fused-ring (bicyclic) bond motifs is 1. The summed E-state index contributed by atoms with van der Waals surface area (Å²) >= 11 is 0. The number of aromatic nitrogens is 2. The molecule has 0 saturated heterocycles. The molecule has 0 saturated carbocycles. The first-order chi connectivity index (χ1) is 9.74. The highest BCUT2D eigenvalue weighted by molar-refractivity contribution is 6.03. The van der Waals surface area contributed by atoms with Crippen LogP contribution in [-0.2, 0) is 13.0 Å². The van der Waals surface area contributed by atoms with Crippen LogP contribution in [-0.4, -0.2) is 22.6 Å². The van der Waals surface area contributed by atoms with Crippen molar-refractivity contribution in [3.8, 4) is 0 Å². The monoisotopic (exact) mass is 270 g/mol. The van der Waals surface area contributed by atoms with E-state index < -0.39 is 0 Å². The maximum absolute atomic E-state index is 12.1. The Bertz CT molecular complexity index is 688. The summed E-state index contributed by atoms with van der Waals surface area (Å²) in [4.78, 5) is 23.0. The van der Waals surface area contributed by atoms with Crippen LogP contribution < -0.4 is 16.2 Å². The summed E-state index contributed by atoms with van der Waals surface area (Å²) in [5, 5.41) is 12.1. The minimum atomic E-state index is -0.333. The van der Waals surface area contributed by atoms with Crippen molar-refractivity contribution < 1.29 is 4.79 Å². The first-order valence-corrected chi connectivity index (χ1v) is 6.42. The first kappa shape index (κ1) is 12.6. The second kappa shape index (κ2) is 5.26. The molecule has 1 aliphatic heterocycles. The molecule has 0 aliphatic carbocycles. The standard InChI is InChI=1S/C14H14N4O2/c19-13-5-4-12(17-18-13)14(20)16-11-3-1-2-9-6-7-15-8-10(9)11/h1-5,15H,6-8H2,(H,16,20)(H,18,19). The van der Waals surface area contributed by atoms with Crippen molar-refractivity contribution in [2.24, 2.45) is 0 Å². The molecular weight excluding hydrogens is 256 g/mol. The lowest BCUT2D eigenvalue weighted by molar-refractivity contribution is 0.102. The number of anilines is 1. The quantitative estimate of drug-likeness (QED) is 0.748. The van der Waals surface area contributed by atoms with Gasteiger partial charge in [0, 0.05) is 18.3 Å². The fourth-order valence-electron chi connectivity index (χ4n) is 2.29. The van der Waals surface area contributed by atoms with E-state index in [1.165, 1.54) is 17.7 Å². The molecule has 0 unspecified atom stereocenters. The Kier molecular flexibility index (Phi) is 3.30. The number of hydrogen-bond acceptors (Lipinski definition) is 4. The average Bonchev–Trinajstić information content (AvgIpc) is 2.48. The average molecular weight is 270 g/mol. The van der Waals surface area contributed by atoms with Gasteiger partial charge in [-0.2, -0.15) is 5.10 Å². The van der Waals surface area contributed by atoms with Gasteiger partial charge in [0.1, 0.15) is 5.69 Å². The molecule has 1 aromatic carbocycles. The molecule has 3 N–H and O–H groups in total. The van der Waals surface area contributed by atoms with Crippen LogP contribution in [0.1, 0.15) is 21.6 Å². The van der Waals surface area contributed by atoms with E-state index in [1.54, 1.807) is 0 Å². The minimum absolute atomic E-state index is 0.186. The van der Waals surface area contributed by atoms with E-state index in [0.717, 1.165) is 30.8 Å². The summed E-state index contributed by atoms with van der Waals surface area (Å²) in [6.07, 6.45) is 0.954. The number of H-pyrrole nitrogens is 1. The third kappa shape index (κ3) is 2.46. The SMILES string of the molecule is O=C(Nc1cccc2c1CNCC2)c1ccc(=O)[nH]n1. The largest absolute Gasteiger partial charge is 0.320 e. The lowest BCUT2D eigenvalue weighted by atomic mass is 9.99. The number of amides is 1. The van der Waals surface area contributed by atoms with Crippen LogP contribution in [0.15, 0.2) is 35.1 Å². The summed E-state index contributed by atoms with van der Waals surface area (Å²) in [6, 6.07) is 8.56. The highest BCUT2D eigenvalue weighted by Crippen LogP contribution is 2.23. The van der Waals surface area contributed by atoms with Crippen LogP contribution in [0.3, 0.4) is 0 Å². The molecule has 0 spiro atoms. The Hall–Kier alpha value is -2.47. The molecule has 1 amide bonds.